The standard InChI is InChI=1S/C12H18NO3/c1-8-7-11(15)13(12(8)16)6-4-3-5-10(13)9(2)14/h8,10H,3-7H2,1-2H3/q+1. The molecule has 0 saturated carbocycles. The molecule has 3 unspecified atom stereocenters. The first-order valence-electron chi connectivity index (χ1n) is 5.96. The molecule has 2 fully saturated rings. The van der Waals surface area contributed by atoms with E-state index in [-0.39, 0.29) is 28.0 Å². The van der Waals surface area contributed by atoms with E-state index < -0.39 is 6.04 Å². The molecular weight excluding hydrogens is 206 g/mol. The predicted octanol–water partition coefficient (Wildman–Crippen LogP) is 1.04. The lowest BCUT2D eigenvalue weighted by Gasteiger charge is -2.38. The van der Waals surface area contributed by atoms with Gasteiger partial charge in [0.15, 0.2) is 11.8 Å². The van der Waals surface area contributed by atoms with Crippen molar-refractivity contribution in [1.29, 1.82) is 0 Å². The lowest BCUT2D eigenvalue weighted by molar-refractivity contribution is -0.797. The van der Waals surface area contributed by atoms with E-state index in [9.17, 15) is 14.4 Å². The second kappa shape index (κ2) is 3.77. The van der Waals surface area contributed by atoms with Crippen molar-refractivity contribution in [2.45, 2.75) is 45.6 Å². The highest BCUT2D eigenvalue weighted by molar-refractivity contribution is 5.97. The van der Waals surface area contributed by atoms with E-state index in [0.717, 1.165) is 12.8 Å². The van der Waals surface area contributed by atoms with Gasteiger partial charge in [0.1, 0.15) is 0 Å². The molecule has 88 valence electrons. The fourth-order valence-electron chi connectivity index (χ4n) is 3.18. The van der Waals surface area contributed by atoms with Crippen molar-refractivity contribution in [3.8, 4) is 0 Å². The number of piperidine rings is 1. The topological polar surface area (TPSA) is 51.2 Å². The Balaban J connectivity index is 2.43. The minimum atomic E-state index is -0.404. The largest absolute Gasteiger partial charge is 0.325 e. The Hall–Kier alpha value is -1.03. The molecule has 1 spiro atoms. The minimum absolute atomic E-state index is 0.0181. The second-order valence-electron chi connectivity index (χ2n) is 5.05. The first-order chi connectivity index (χ1) is 7.50. The van der Waals surface area contributed by atoms with Crippen LogP contribution in [0, 0.1) is 5.92 Å². The molecule has 0 N–H and O–H groups in total. The SMILES string of the molecule is CC(=O)C1CCCC[N+]12C(=O)CC(C)C2=O. The lowest BCUT2D eigenvalue weighted by Crippen LogP contribution is -2.64. The van der Waals surface area contributed by atoms with Crippen molar-refractivity contribution >= 4 is 17.6 Å². The summed E-state index contributed by atoms with van der Waals surface area (Å²) in [5.41, 5.74) is 0. The summed E-state index contributed by atoms with van der Waals surface area (Å²) in [7, 11) is 0. The Morgan fingerprint density at radius 1 is 1.31 bits per heavy atom. The van der Waals surface area contributed by atoms with Crippen LogP contribution in [0.3, 0.4) is 0 Å². The molecule has 0 aromatic heterocycles. The number of amides is 2. The Kier molecular flexibility index (Phi) is 2.70. The van der Waals surface area contributed by atoms with Gasteiger partial charge in [-0.2, -0.15) is 4.48 Å². The van der Waals surface area contributed by atoms with Gasteiger partial charge in [0.25, 0.3) is 0 Å². The quantitative estimate of drug-likeness (QED) is 0.494. The zero-order valence-corrected chi connectivity index (χ0v) is 9.86. The van der Waals surface area contributed by atoms with Crippen molar-refractivity contribution in [2.75, 3.05) is 6.54 Å². The molecule has 0 bridgehead atoms. The summed E-state index contributed by atoms with van der Waals surface area (Å²) in [5, 5.41) is 0. The van der Waals surface area contributed by atoms with Gasteiger partial charge >= 0.3 is 11.8 Å². The number of carbonyl (C=O) groups is 3. The Labute approximate surface area is 95.2 Å². The van der Waals surface area contributed by atoms with Crippen molar-refractivity contribution in [1.82, 2.24) is 0 Å². The molecule has 3 atom stereocenters. The van der Waals surface area contributed by atoms with Gasteiger partial charge in [-0.3, -0.25) is 4.79 Å². The monoisotopic (exact) mass is 224 g/mol. The number of imide groups is 1. The van der Waals surface area contributed by atoms with Gasteiger partial charge in [-0.1, -0.05) is 0 Å². The van der Waals surface area contributed by atoms with Crippen molar-refractivity contribution in [3.63, 3.8) is 0 Å². The van der Waals surface area contributed by atoms with Crippen LogP contribution < -0.4 is 0 Å². The normalized spacial score (nSPS) is 39.4. The van der Waals surface area contributed by atoms with E-state index >= 15 is 0 Å². The summed E-state index contributed by atoms with van der Waals surface area (Å²) in [6.07, 6.45) is 2.80. The van der Waals surface area contributed by atoms with Gasteiger partial charge in [-0.25, -0.2) is 9.59 Å². The molecule has 2 aliphatic rings. The molecule has 2 heterocycles. The van der Waals surface area contributed by atoms with Crippen LogP contribution >= 0.6 is 0 Å². The molecule has 2 aliphatic heterocycles. The number of carbonyl (C=O) groups excluding carboxylic acids is 3. The van der Waals surface area contributed by atoms with Gasteiger partial charge in [0.2, 0.25) is 0 Å². The van der Waals surface area contributed by atoms with Crippen LogP contribution in [0.15, 0.2) is 0 Å². The summed E-state index contributed by atoms with van der Waals surface area (Å²) in [4.78, 5) is 35.9. The van der Waals surface area contributed by atoms with Crippen LogP contribution in [0.25, 0.3) is 0 Å². The summed E-state index contributed by atoms with van der Waals surface area (Å²) in [5.74, 6) is -0.315. The zero-order chi connectivity index (χ0) is 11.9. The number of hydrogen-bond acceptors (Lipinski definition) is 3. The van der Waals surface area contributed by atoms with Crippen LogP contribution in [-0.2, 0) is 14.4 Å². The van der Waals surface area contributed by atoms with E-state index in [2.05, 4.69) is 0 Å². The van der Waals surface area contributed by atoms with Gasteiger partial charge in [-0.15, -0.1) is 0 Å². The van der Waals surface area contributed by atoms with E-state index in [1.165, 1.54) is 6.92 Å². The Bertz CT molecular complexity index is 363. The number of hydrogen-bond donors (Lipinski definition) is 0. The van der Waals surface area contributed by atoms with Crippen LogP contribution in [0.1, 0.15) is 39.5 Å². The summed E-state index contributed by atoms with van der Waals surface area (Å²) < 4.78 is -0.170. The summed E-state index contributed by atoms with van der Waals surface area (Å²) in [6.45, 7) is 3.82. The van der Waals surface area contributed by atoms with E-state index in [1.807, 2.05) is 0 Å². The Morgan fingerprint density at radius 2 is 2.00 bits per heavy atom. The third kappa shape index (κ3) is 1.36. The van der Waals surface area contributed by atoms with Crippen LogP contribution in [0.5, 0.6) is 0 Å². The van der Waals surface area contributed by atoms with Gasteiger partial charge in [0.05, 0.1) is 18.9 Å². The van der Waals surface area contributed by atoms with Crippen molar-refractivity contribution < 1.29 is 18.9 Å². The Morgan fingerprint density at radius 3 is 2.50 bits per heavy atom. The third-order valence-corrected chi connectivity index (χ3v) is 3.98. The van der Waals surface area contributed by atoms with Crippen molar-refractivity contribution in [2.24, 2.45) is 5.92 Å². The van der Waals surface area contributed by atoms with E-state index in [0.29, 0.717) is 19.4 Å². The number of nitrogens with zero attached hydrogens (tertiary/aromatic N) is 1. The van der Waals surface area contributed by atoms with E-state index in [4.69, 9.17) is 0 Å². The molecule has 0 radical (unpaired) electrons. The zero-order valence-electron chi connectivity index (χ0n) is 9.86. The average Bonchev–Trinajstić information content (AvgIpc) is 2.45. The second-order valence-corrected chi connectivity index (χ2v) is 5.05. The van der Waals surface area contributed by atoms with Crippen LogP contribution in [0.4, 0.5) is 0 Å². The maximum atomic E-state index is 12.2. The van der Waals surface area contributed by atoms with Crippen molar-refractivity contribution in [3.05, 3.63) is 0 Å². The molecule has 16 heavy (non-hydrogen) atoms. The van der Waals surface area contributed by atoms with E-state index in [1.54, 1.807) is 6.92 Å². The fourth-order valence-corrected chi connectivity index (χ4v) is 3.18. The first-order valence-corrected chi connectivity index (χ1v) is 5.96. The maximum Gasteiger partial charge on any atom is 0.325 e. The maximum absolute atomic E-state index is 12.2. The fraction of sp³-hybridized carbons (Fsp3) is 0.750. The summed E-state index contributed by atoms with van der Waals surface area (Å²) >= 11 is 0. The smallest absolute Gasteiger partial charge is 0.293 e. The van der Waals surface area contributed by atoms with Crippen LogP contribution in [0.2, 0.25) is 0 Å². The highest BCUT2D eigenvalue weighted by Gasteiger charge is 2.60. The predicted molar refractivity (Wildman–Crippen MR) is 57.2 cm³/mol. The lowest BCUT2D eigenvalue weighted by atomic mass is 9.95. The first kappa shape index (κ1) is 11.5. The average molecular weight is 224 g/mol. The summed E-state index contributed by atoms with van der Waals surface area (Å²) in [6, 6.07) is -0.404. The number of rotatable bonds is 1. The highest BCUT2D eigenvalue weighted by Crippen LogP contribution is 2.36. The molecule has 0 aromatic rings. The molecule has 4 heteroatoms. The molecule has 0 aliphatic carbocycles. The molecule has 2 rings (SSSR count). The number of quaternary nitrogens is 1. The molecule has 2 saturated heterocycles. The highest BCUT2D eigenvalue weighted by atomic mass is 16.2. The molecule has 4 nitrogen and oxygen atoms in total. The number of ketones is 1. The molecule has 2 amide bonds. The molecule has 0 aromatic carbocycles. The molecular formula is C12H18NO3+. The van der Waals surface area contributed by atoms with Gasteiger partial charge < -0.3 is 0 Å². The van der Waals surface area contributed by atoms with Gasteiger partial charge in [0, 0.05) is 13.3 Å². The third-order valence-electron chi connectivity index (χ3n) is 3.98. The van der Waals surface area contributed by atoms with Crippen LogP contribution in [-0.4, -0.2) is 34.7 Å². The minimum Gasteiger partial charge on any atom is -0.293 e. The van der Waals surface area contributed by atoms with Gasteiger partial charge in [-0.05, 0) is 19.8 Å². The number of Topliss-reactive ketones (excluding diaryl/α,β-unsaturated/α-hetero) is 1.